The number of nitrogens with one attached hydrogen (secondary N) is 1. The van der Waals surface area contributed by atoms with Gasteiger partial charge in [0.1, 0.15) is 0 Å². The molecule has 1 fully saturated rings. The number of carbonyl (C=O) groups is 2. The van der Waals surface area contributed by atoms with Gasteiger partial charge in [-0.1, -0.05) is 13.8 Å². The number of hydrogen-bond acceptors (Lipinski definition) is 4. The molecule has 1 aromatic rings. The standard InChI is InChI=1S/C15H24N4O2/c1-5-12(6-2)19-14(20)7-13(15(19)21)16-8-11-9-18(4)17-10(11)3/h9,12-13,16H,5-8H2,1-4H3. The van der Waals surface area contributed by atoms with Crippen molar-refractivity contribution < 1.29 is 9.59 Å². The summed E-state index contributed by atoms with van der Waals surface area (Å²) in [6, 6.07) is -0.380. The molecule has 1 aliphatic rings. The summed E-state index contributed by atoms with van der Waals surface area (Å²) in [5.41, 5.74) is 2.00. The quantitative estimate of drug-likeness (QED) is 0.798. The van der Waals surface area contributed by atoms with E-state index in [1.165, 1.54) is 4.90 Å². The smallest absolute Gasteiger partial charge is 0.247 e. The Kier molecular flexibility index (Phi) is 4.77. The molecule has 1 aliphatic heterocycles. The minimum atomic E-state index is -0.405. The third kappa shape index (κ3) is 3.15. The van der Waals surface area contributed by atoms with Gasteiger partial charge in [-0.05, 0) is 19.8 Å². The Hall–Kier alpha value is -1.69. The van der Waals surface area contributed by atoms with Gasteiger partial charge in [-0.2, -0.15) is 5.10 Å². The number of likely N-dealkylation sites (tertiary alicyclic amines) is 1. The molecule has 1 saturated heterocycles. The molecule has 1 N–H and O–H groups in total. The zero-order chi connectivity index (χ0) is 15.6. The van der Waals surface area contributed by atoms with Crippen molar-refractivity contribution in [1.29, 1.82) is 0 Å². The molecule has 2 heterocycles. The Balaban J connectivity index is 2.01. The summed E-state index contributed by atoms with van der Waals surface area (Å²) in [6.07, 6.45) is 3.81. The Morgan fingerprint density at radius 1 is 1.38 bits per heavy atom. The number of imide groups is 1. The summed E-state index contributed by atoms with van der Waals surface area (Å²) in [4.78, 5) is 25.9. The average Bonchev–Trinajstić information content (AvgIpc) is 2.90. The zero-order valence-electron chi connectivity index (χ0n) is 13.2. The van der Waals surface area contributed by atoms with Crippen LogP contribution in [0.1, 0.15) is 44.4 Å². The van der Waals surface area contributed by atoms with Gasteiger partial charge in [0, 0.05) is 31.4 Å². The van der Waals surface area contributed by atoms with Crippen molar-refractivity contribution in [2.45, 2.75) is 58.7 Å². The van der Waals surface area contributed by atoms with Crippen LogP contribution in [0.15, 0.2) is 6.20 Å². The second-order valence-corrected chi connectivity index (χ2v) is 5.62. The van der Waals surface area contributed by atoms with Gasteiger partial charge in [-0.25, -0.2) is 0 Å². The van der Waals surface area contributed by atoms with Crippen LogP contribution in [0.4, 0.5) is 0 Å². The highest BCUT2D eigenvalue weighted by Crippen LogP contribution is 2.20. The van der Waals surface area contributed by atoms with Gasteiger partial charge in [-0.15, -0.1) is 0 Å². The topological polar surface area (TPSA) is 67.2 Å². The highest BCUT2D eigenvalue weighted by atomic mass is 16.2. The van der Waals surface area contributed by atoms with E-state index < -0.39 is 6.04 Å². The number of aromatic nitrogens is 2. The first-order valence-corrected chi connectivity index (χ1v) is 7.56. The van der Waals surface area contributed by atoms with Gasteiger partial charge in [0.25, 0.3) is 0 Å². The van der Waals surface area contributed by atoms with Crippen LogP contribution in [0, 0.1) is 6.92 Å². The van der Waals surface area contributed by atoms with E-state index in [1.807, 2.05) is 34.0 Å². The van der Waals surface area contributed by atoms with Gasteiger partial charge in [0.15, 0.2) is 0 Å². The number of aryl methyl sites for hydroxylation is 2. The highest BCUT2D eigenvalue weighted by molar-refractivity contribution is 6.05. The lowest BCUT2D eigenvalue weighted by atomic mass is 10.1. The van der Waals surface area contributed by atoms with E-state index in [1.54, 1.807) is 4.68 Å². The van der Waals surface area contributed by atoms with Crippen LogP contribution in [-0.4, -0.2) is 38.6 Å². The van der Waals surface area contributed by atoms with Crippen LogP contribution in [0.25, 0.3) is 0 Å². The van der Waals surface area contributed by atoms with E-state index in [0.29, 0.717) is 6.54 Å². The van der Waals surface area contributed by atoms with Gasteiger partial charge in [0.2, 0.25) is 11.8 Å². The van der Waals surface area contributed by atoms with Crippen LogP contribution < -0.4 is 5.32 Å². The molecule has 116 valence electrons. The van der Waals surface area contributed by atoms with Crippen molar-refractivity contribution in [2.75, 3.05) is 0 Å². The van der Waals surface area contributed by atoms with E-state index >= 15 is 0 Å². The molecular weight excluding hydrogens is 268 g/mol. The molecule has 0 bridgehead atoms. The van der Waals surface area contributed by atoms with E-state index in [0.717, 1.165) is 24.1 Å². The molecule has 0 aromatic carbocycles. The maximum atomic E-state index is 12.4. The minimum Gasteiger partial charge on any atom is -0.301 e. The van der Waals surface area contributed by atoms with Crippen LogP contribution in [0.2, 0.25) is 0 Å². The van der Waals surface area contributed by atoms with Gasteiger partial charge in [-0.3, -0.25) is 19.2 Å². The predicted molar refractivity (Wildman–Crippen MR) is 79.4 cm³/mol. The van der Waals surface area contributed by atoms with E-state index in [4.69, 9.17) is 0 Å². The monoisotopic (exact) mass is 292 g/mol. The molecule has 21 heavy (non-hydrogen) atoms. The summed E-state index contributed by atoms with van der Waals surface area (Å²) in [5, 5.41) is 7.47. The second-order valence-electron chi connectivity index (χ2n) is 5.62. The maximum Gasteiger partial charge on any atom is 0.247 e. The Bertz CT molecular complexity index is 534. The molecule has 1 aromatic heterocycles. The Morgan fingerprint density at radius 3 is 2.57 bits per heavy atom. The van der Waals surface area contributed by atoms with Gasteiger partial charge >= 0.3 is 0 Å². The molecule has 0 aliphatic carbocycles. The van der Waals surface area contributed by atoms with E-state index in [2.05, 4.69) is 10.4 Å². The highest BCUT2D eigenvalue weighted by Gasteiger charge is 2.41. The lowest BCUT2D eigenvalue weighted by molar-refractivity contribution is -0.141. The van der Waals surface area contributed by atoms with E-state index in [-0.39, 0.29) is 24.3 Å². The van der Waals surface area contributed by atoms with Gasteiger partial charge in [0.05, 0.1) is 18.2 Å². The van der Waals surface area contributed by atoms with Crippen molar-refractivity contribution in [3.05, 3.63) is 17.5 Å². The number of amides is 2. The van der Waals surface area contributed by atoms with Crippen molar-refractivity contribution in [1.82, 2.24) is 20.0 Å². The summed E-state index contributed by atoms with van der Waals surface area (Å²) >= 11 is 0. The van der Waals surface area contributed by atoms with Crippen LogP contribution in [0.3, 0.4) is 0 Å². The van der Waals surface area contributed by atoms with Crippen molar-refractivity contribution in [2.24, 2.45) is 7.05 Å². The van der Waals surface area contributed by atoms with Crippen LogP contribution in [-0.2, 0) is 23.2 Å². The lowest BCUT2D eigenvalue weighted by Crippen LogP contribution is -2.43. The maximum absolute atomic E-state index is 12.4. The molecule has 2 rings (SSSR count). The van der Waals surface area contributed by atoms with Crippen LogP contribution >= 0.6 is 0 Å². The summed E-state index contributed by atoms with van der Waals surface area (Å²) in [6.45, 7) is 6.51. The zero-order valence-corrected chi connectivity index (χ0v) is 13.2. The van der Waals surface area contributed by atoms with Crippen molar-refractivity contribution in [3.63, 3.8) is 0 Å². The van der Waals surface area contributed by atoms with Crippen molar-refractivity contribution in [3.8, 4) is 0 Å². The molecule has 1 atom stereocenters. The number of carbonyl (C=O) groups excluding carboxylic acids is 2. The molecule has 2 amide bonds. The van der Waals surface area contributed by atoms with Crippen LogP contribution in [0.5, 0.6) is 0 Å². The summed E-state index contributed by atoms with van der Waals surface area (Å²) in [5.74, 6) is -0.149. The summed E-state index contributed by atoms with van der Waals surface area (Å²) in [7, 11) is 1.87. The summed E-state index contributed by atoms with van der Waals surface area (Å²) < 4.78 is 1.75. The molecular formula is C15H24N4O2. The largest absolute Gasteiger partial charge is 0.301 e. The molecule has 6 heteroatoms. The third-order valence-corrected chi connectivity index (χ3v) is 4.14. The number of hydrogen-bond donors (Lipinski definition) is 1. The fourth-order valence-electron chi connectivity index (χ4n) is 2.90. The molecule has 6 nitrogen and oxygen atoms in total. The first-order valence-electron chi connectivity index (χ1n) is 7.56. The molecule has 0 radical (unpaired) electrons. The first-order chi connectivity index (χ1) is 9.97. The number of rotatable bonds is 6. The Labute approximate surface area is 125 Å². The van der Waals surface area contributed by atoms with E-state index in [9.17, 15) is 9.59 Å². The molecule has 1 unspecified atom stereocenters. The molecule has 0 saturated carbocycles. The average molecular weight is 292 g/mol. The number of nitrogens with zero attached hydrogens (tertiary/aromatic N) is 3. The normalized spacial score (nSPS) is 19.1. The Morgan fingerprint density at radius 2 is 2.05 bits per heavy atom. The second kappa shape index (κ2) is 6.39. The van der Waals surface area contributed by atoms with Gasteiger partial charge < -0.3 is 5.32 Å². The fourth-order valence-corrected chi connectivity index (χ4v) is 2.90. The first kappa shape index (κ1) is 15.7. The minimum absolute atomic E-state index is 0.0249. The van der Waals surface area contributed by atoms with Crippen molar-refractivity contribution >= 4 is 11.8 Å². The molecule has 0 spiro atoms. The lowest BCUT2D eigenvalue weighted by Gasteiger charge is -2.24. The third-order valence-electron chi connectivity index (χ3n) is 4.14. The predicted octanol–water partition coefficient (Wildman–Crippen LogP) is 1.13. The fraction of sp³-hybridized carbons (Fsp3) is 0.667. The SMILES string of the molecule is CCC(CC)N1C(=O)CC(NCc2cn(C)nc2C)C1=O.